The van der Waals surface area contributed by atoms with Crippen molar-refractivity contribution in [3.63, 3.8) is 0 Å². The highest BCUT2D eigenvalue weighted by atomic mass is 16.6. The molecule has 0 aromatic heterocycles. The van der Waals surface area contributed by atoms with Crippen LogP contribution in [0.2, 0.25) is 0 Å². The molecule has 3 nitrogen and oxygen atoms in total. The van der Waals surface area contributed by atoms with Crippen LogP contribution in [0.15, 0.2) is 0 Å². The van der Waals surface area contributed by atoms with Gasteiger partial charge in [0.05, 0.1) is 12.7 Å². The summed E-state index contributed by atoms with van der Waals surface area (Å²) in [6.45, 7) is 7.76. The molecule has 1 spiro atoms. The summed E-state index contributed by atoms with van der Waals surface area (Å²) in [6.07, 6.45) is 6.80. The first kappa shape index (κ1) is 14.5. The number of hydrogen-bond donors (Lipinski definition) is 2. The van der Waals surface area contributed by atoms with Crippen LogP contribution < -0.4 is 0 Å². The third-order valence-corrected chi connectivity index (χ3v) is 8.00. The third-order valence-electron chi connectivity index (χ3n) is 8.00. The molecule has 6 atom stereocenters. The van der Waals surface area contributed by atoms with Gasteiger partial charge in [0.1, 0.15) is 0 Å². The molecular formula is C18H30O3. The highest BCUT2D eigenvalue weighted by molar-refractivity contribution is 5.15. The van der Waals surface area contributed by atoms with Gasteiger partial charge in [0, 0.05) is 18.3 Å². The van der Waals surface area contributed by atoms with Gasteiger partial charge in [-0.15, -0.1) is 0 Å². The maximum Gasteiger partial charge on any atom is 0.165 e. The summed E-state index contributed by atoms with van der Waals surface area (Å²) in [6, 6.07) is 0. The van der Waals surface area contributed by atoms with E-state index in [1.807, 2.05) is 0 Å². The number of aliphatic hydroxyl groups excluding tert-OH is 1. The first-order chi connectivity index (χ1) is 9.72. The highest BCUT2D eigenvalue weighted by Crippen LogP contribution is 2.70. The summed E-state index contributed by atoms with van der Waals surface area (Å²) in [5, 5.41) is 21.7. The molecule has 2 heterocycles. The fourth-order valence-electron chi connectivity index (χ4n) is 6.81. The number of hydrogen-bond acceptors (Lipinski definition) is 3. The van der Waals surface area contributed by atoms with Gasteiger partial charge in [-0.05, 0) is 48.3 Å². The molecule has 2 saturated heterocycles. The van der Waals surface area contributed by atoms with Crippen LogP contribution >= 0.6 is 0 Å². The van der Waals surface area contributed by atoms with Crippen molar-refractivity contribution in [2.24, 2.45) is 28.1 Å². The molecule has 120 valence electrons. The van der Waals surface area contributed by atoms with E-state index in [2.05, 4.69) is 20.8 Å². The maximum atomic E-state index is 11.0. The summed E-state index contributed by atoms with van der Waals surface area (Å²) < 4.78 is 5.77. The topological polar surface area (TPSA) is 49.7 Å². The Kier molecular flexibility index (Phi) is 2.78. The summed E-state index contributed by atoms with van der Waals surface area (Å²) in [7, 11) is 0. The Hall–Kier alpha value is -0.120. The van der Waals surface area contributed by atoms with Crippen LogP contribution in [-0.4, -0.2) is 28.7 Å². The van der Waals surface area contributed by atoms with Gasteiger partial charge in [-0.25, -0.2) is 0 Å². The van der Waals surface area contributed by atoms with E-state index in [1.54, 1.807) is 0 Å². The van der Waals surface area contributed by atoms with Crippen molar-refractivity contribution in [3.8, 4) is 0 Å². The van der Waals surface area contributed by atoms with E-state index < -0.39 is 5.79 Å². The molecule has 3 heteroatoms. The number of ether oxygens (including phenoxy) is 1. The Labute approximate surface area is 128 Å². The Morgan fingerprint density at radius 3 is 2.43 bits per heavy atom. The predicted molar refractivity (Wildman–Crippen MR) is 80.5 cm³/mol. The van der Waals surface area contributed by atoms with E-state index in [1.165, 1.54) is 19.3 Å². The highest BCUT2D eigenvalue weighted by Gasteiger charge is 2.68. The lowest BCUT2D eigenvalue weighted by Crippen LogP contribution is -2.69. The summed E-state index contributed by atoms with van der Waals surface area (Å²) in [5.41, 5.74) is 0.456. The van der Waals surface area contributed by atoms with Crippen LogP contribution in [0.5, 0.6) is 0 Å². The SMILES string of the molecule is CC1(C)CCC[C@]2(C)[C@@H]1C[C@@H](O)[C@@]13CC[C@@](O)(C[C@@H]21)OC3. The second kappa shape index (κ2) is 4.04. The molecule has 0 unspecified atom stereocenters. The van der Waals surface area contributed by atoms with Crippen LogP contribution in [0.25, 0.3) is 0 Å². The van der Waals surface area contributed by atoms with Gasteiger partial charge in [0.2, 0.25) is 0 Å². The van der Waals surface area contributed by atoms with Crippen LogP contribution in [0.4, 0.5) is 0 Å². The number of aliphatic hydroxyl groups is 2. The summed E-state index contributed by atoms with van der Waals surface area (Å²) in [5.74, 6) is 0.0525. The molecule has 0 aromatic rings. The molecule has 2 N–H and O–H groups in total. The monoisotopic (exact) mass is 294 g/mol. The molecule has 0 amide bonds. The average molecular weight is 294 g/mol. The van der Waals surface area contributed by atoms with Crippen molar-refractivity contribution in [3.05, 3.63) is 0 Å². The van der Waals surface area contributed by atoms with Crippen molar-refractivity contribution >= 4 is 0 Å². The number of rotatable bonds is 0. The lowest BCUT2D eigenvalue weighted by molar-refractivity contribution is -0.357. The third kappa shape index (κ3) is 1.71. The van der Waals surface area contributed by atoms with Gasteiger partial charge in [-0.1, -0.05) is 27.2 Å². The molecule has 3 aliphatic carbocycles. The molecule has 2 aliphatic heterocycles. The molecule has 3 saturated carbocycles. The lowest BCUT2D eigenvalue weighted by Gasteiger charge is -2.69. The van der Waals surface area contributed by atoms with Gasteiger partial charge in [-0.2, -0.15) is 0 Å². The van der Waals surface area contributed by atoms with E-state index in [0.717, 1.165) is 19.3 Å². The second-order valence-electron chi connectivity index (χ2n) is 9.38. The Morgan fingerprint density at radius 2 is 1.76 bits per heavy atom. The molecule has 21 heavy (non-hydrogen) atoms. The van der Waals surface area contributed by atoms with Gasteiger partial charge < -0.3 is 14.9 Å². The minimum Gasteiger partial charge on any atom is -0.392 e. The molecule has 0 radical (unpaired) electrons. The smallest absolute Gasteiger partial charge is 0.165 e. The van der Waals surface area contributed by atoms with Gasteiger partial charge in [0.25, 0.3) is 0 Å². The fraction of sp³-hybridized carbons (Fsp3) is 1.00. The second-order valence-corrected chi connectivity index (χ2v) is 9.38. The zero-order valence-corrected chi connectivity index (χ0v) is 13.7. The Bertz CT molecular complexity index is 449. The molecule has 0 aromatic carbocycles. The molecule has 2 bridgehead atoms. The average Bonchev–Trinajstić information content (AvgIpc) is 2.42. The first-order valence-electron chi connectivity index (χ1n) is 8.76. The zero-order chi connectivity index (χ0) is 15.1. The van der Waals surface area contributed by atoms with Crippen LogP contribution in [0, 0.1) is 28.1 Å². The standard InChI is InChI=1S/C18H30O3/c1-15(2)5-4-6-16(3)12(15)9-14(19)17-7-8-18(20,21-11-17)10-13(16)17/h12-14,19-20H,4-11H2,1-3H3/t12-,13+,14-,16-,17-,18+/m1/s1. The van der Waals surface area contributed by atoms with Crippen molar-refractivity contribution < 1.29 is 14.9 Å². The zero-order valence-electron chi connectivity index (χ0n) is 13.7. The molecule has 5 aliphatic rings. The van der Waals surface area contributed by atoms with Crippen molar-refractivity contribution in [1.29, 1.82) is 0 Å². The number of fused-ring (bicyclic) bond motifs is 3. The maximum absolute atomic E-state index is 11.0. The van der Waals surface area contributed by atoms with Gasteiger partial charge in [0.15, 0.2) is 5.79 Å². The first-order valence-corrected chi connectivity index (χ1v) is 8.76. The van der Waals surface area contributed by atoms with E-state index in [-0.39, 0.29) is 16.9 Å². The predicted octanol–water partition coefficient (Wildman–Crippen LogP) is 3.09. The van der Waals surface area contributed by atoms with Gasteiger partial charge >= 0.3 is 0 Å². The van der Waals surface area contributed by atoms with Gasteiger partial charge in [-0.3, -0.25) is 0 Å². The Morgan fingerprint density at radius 1 is 1.00 bits per heavy atom. The minimum atomic E-state index is -0.918. The summed E-state index contributed by atoms with van der Waals surface area (Å²) in [4.78, 5) is 0. The lowest BCUT2D eigenvalue weighted by atomic mass is 9.39. The van der Waals surface area contributed by atoms with Crippen LogP contribution in [0.1, 0.15) is 65.7 Å². The van der Waals surface area contributed by atoms with E-state index in [4.69, 9.17) is 4.74 Å². The molecular weight excluding hydrogens is 264 g/mol. The quantitative estimate of drug-likeness (QED) is 0.722. The molecule has 5 rings (SSSR count). The fourth-order valence-corrected chi connectivity index (χ4v) is 6.81. The van der Waals surface area contributed by atoms with Crippen LogP contribution in [0.3, 0.4) is 0 Å². The van der Waals surface area contributed by atoms with E-state index >= 15 is 0 Å². The van der Waals surface area contributed by atoms with Crippen LogP contribution in [-0.2, 0) is 4.74 Å². The van der Waals surface area contributed by atoms with Crippen molar-refractivity contribution in [1.82, 2.24) is 0 Å². The largest absolute Gasteiger partial charge is 0.392 e. The summed E-state index contributed by atoms with van der Waals surface area (Å²) >= 11 is 0. The molecule has 5 fully saturated rings. The van der Waals surface area contributed by atoms with E-state index in [0.29, 0.717) is 30.3 Å². The van der Waals surface area contributed by atoms with E-state index in [9.17, 15) is 10.2 Å². The van der Waals surface area contributed by atoms with Crippen molar-refractivity contribution in [2.75, 3.05) is 6.61 Å². The van der Waals surface area contributed by atoms with Crippen molar-refractivity contribution in [2.45, 2.75) is 77.6 Å². The normalized spacial score (nSPS) is 58.4. The minimum absolute atomic E-state index is 0.0941. The Balaban J connectivity index is 1.79.